The second-order valence-electron chi connectivity index (χ2n) is 6.04. The Morgan fingerprint density at radius 2 is 1.92 bits per heavy atom. The number of benzene rings is 1. The molecule has 0 radical (unpaired) electrons. The van der Waals surface area contributed by atoms with Crippen LogP contribution in [-0.4, -0.2) is 28.3 Å². The summed E-state index contributed by atoms with van der Waals surface area (Å²) in [6.07, 6.45) is 0.976. The van der Waals surface area contributed by atoms with Gasteiger partial charge in [0.25, 0.3) is 0 Å². The van der Waals surface area contributed by atoms with E-state index in [4.69, 9.17) is 4.74 Å². The highest BCUT2D eigenvalue weighted by molar-refractivity contribution is 5.93. The summed E-state index contributed by atoms with van der Waals surface area (Å²) in [5.74, 6) is -0.316. The highest BCUT2D eigenvalue weighted by atomic mass is 16.5. The summed E-state index contributed by atoms with van der Waals surface area (Å²) in [7, 11) is 0. The van der Waals surface area contributed by atoms with Crippen molar-refractivity contribution in [2.24, 2.45) is 0 Å². The Hall–Kier alpha value is -2.63. The van der Waals surface area contributed by atoms with E-state index < -0.39 is 6.04 Å². The zero-order chi connectivity index (χ0) is 18.4. The Balaban J connectivity index is 1.93. The monoisotopic (exact) mass is 343 g/mol. The molecule has 1 aromatic carbocycles. The van der Waals surface area contributed by atoms with Gasteiger partial charge in [0, 0.05) is 17.8 Å². The number of carbonyl (C=O) groups is 2. The molecule has 2 aromatic rings. The number of nitrogens with zero attached hydrogens (tertiary/aromatic N) is 2. The Morgan fingerprint density at radius 3 is 2.48 bits per heavy atom. The molecule has 0 saturated heterocycles. The Kier molecular flexibility index (Phi) is 6.33. The number of aromatic nitrogens is 2. The molecule has 0 aliphatic rings. The molecule has 134 valence electrons. The van der Waals surface area contributed by atoms with Crippen LogP contribution in [0, 0.1) is 13.8 Å². The quantitative estimate of drug-likeness (QED) is 0.784. The Morgan fingerprint density at radius 1 is 1.24 bits per heavy atom. The summed E-state index contributed by atoms with van der Waals surface area (Å²) in [5, 5.41) is 7.25. The molecule has 2 rings (SSSR count). The van der Waals surface area contributed by atoms with Crippen molar-refractivity contribution < 1.29 is 14.3 Å². The van der Waals surface area contributed by atoms with Gasteiger partial charge in [0.05, 0.1) is 12.3 Å². The molecule has 6 nitrogen and oxygen atoms in total. The number of esters is 1. The molecular weight excluding hydrogens is 318 g/mol. The lowest BCUT2D eigenvalue weighted by Gasteiger charge is -2.14. The summed E-state index contributed by atoms with van der Waals surface area (Å²) in [6, 6.07) is 9.05. The van der Waals surface area contributed by atoms with Crippen LogP contribution in [0.25, 0.3) is 0 Å². The minimum absolute atomic E-state index is 0.120. The molecule has 0 fully saturated rings. The molecular formula is C19H25N3O3. The van der Waals surface area contributed by atoms with Crippen molar-refractivity contribution in [1.82, 2.24) is 9.78 Å². The Bertz CT molecular complexity index is 735. The lowest BCUT2D eigenvalue weighted by atomic mass is 10.1. The zero-order valence-corrected chi connectivity index (χ0v) is 15.2. The molecule has 0 saturated carbocycles. The third-order valence-electron chi connectivity index (χ3n) is 3.94. The molecule has 1 atom stereocenters. The topological polar surface area (TPSA) is 73.2 Å². The van der Waals surface area contributed by atoms with Gasteiger partial charge in [0.1, 0.15) is 6.04 Å². The van der Waals surface area contributed by atoms with Gasteiger partial charge in [0.15, 0.2) is 0 Å². The molecule has 0 spiro atoms. The fraction of sp³-hybridized carbons (Fsp3) is 0.421. The first-order chi connectivity index (χ1) is 11.9. The fourth-order valence-corrected chi connectivity index (χ4v) is 2.63. The lowest BCUT2D eigenvalue weighted by molar-refractivity contribution is -0.143. The molecule has 6 heteroatoms. The number of hydrogen-bond donors (Lipinski definition) is 1. The van der Waals surface area contributed by atoms with E-state index in [1.54, 1.807) is 11.6 Å². The molecule has 0 aliphatic heterocycles. The van der Waals surface area contributed by atoms with Crippen LogP contribution in [-0.2, 0) is 20.7 Å². The summed E-state index contributed by atoms with van der Waals surface area (Å²) < 4.78 is 6.64. The number of carbonyl (C=O) groups excluding carboxylic acids is 2. The summed E-state index contributed by atoms with van der Waals surface area (Å²) in [4.78, 5) is 23.8. The molecule has 25 heavy (non-hydrogen) atoms. The third-order valence-corrected chi connectivity index (χ3v) is 3.94. The van der Waals surface area contributed by atoms with Crippen molar-refractivity contribution in [3.05, 3.63) is 47.3 Å². The molecule has 0 bridgehead atoms. The first-order valence-corrected chi connectivity index (χ1v) is 8.49. The summed E-state index contributed by atoms with van der Waals surface area (Å²) in [5.41, 5.74) is 3.59. The van der Waals surface area contributed by atoms with Crippen LogP contribution in [0.15, 0.2) is 30.3 Å². The average Bonchev–Trinajstić information content (AvgIpc) is 2.92. The van der Waals surface area contributed by atoms with Gasteiger partial charge in [-0.2, -0.15) is 5.10 Å². The highest BCUT2D eigenvalue weighted by Crippen LogP contribution is 2.16. The molecule has 1 aromatic heterocycles. The second kappa shape index (κ2) is 8.46. The number of rotatable bonds is 7. The van der Waals surface area contributed by atoms with Crippen LogP contribution in [0.4, 0.5) is 5.69 Å². The zero-order valence-electron chi connectivity index (χ0n) is 15.2. The van der Waals surface area contributed by atoms with Crippen LogP contribution in [0.3, 0.4) is 0 Å². The van der Waals surface area contributed by atoms with E-state index in [9.17, 15) is 9.59 Å². The number of nitrogens with one attached hydrogen (secondary N) is 1. The van der Waals surface area contributed by atoms with Crippen molar-refractivity contribution in [2.45, 2.75) is 46.6 Å². The number of aryl methyl sites for hydroxylation is 3. The number of anilines is 1. The molecule has 1 amide bonds. The standard InChI is InChI=1S/C19H25N3O3/c1-5-25-18(23)11-8-16-6-9-17(10-7-16)20-19(24)15(4)22-14(3)12-13(2)21-22/h6-7,9-10,12,15H,5,8,11H2,1-4H3,(H,20,24)/t15-/m1/s1. The van der Waals surface area contributed by atoms with E-state index in [0.717, 1.165) is 22.6 Å². The van der Waals surface area contributed by atoms with Crippen LogP contribution in [0.2, 0.25) is 0 Å². The SMILES string of the molecule is CCOC(=O)CCc1ccc(NC(=O)[C@@H](C)n2nc(C)cc2C)cc1. The maximum Gasteiger partial charge on any atom is 0.306 e. The van der Waals surface area contributed by atoms with E-state index >= 15 is 0 Å². The van der Waals surface area contributed by atoms with E-state index in [1.165, 1.54) is 0 Å². The molecule has 1 N–H and O–H groups in total. The third kappa shape index (κ3) is 5.17. The van der Waals surface area contributed by atoms with Crippen molar-refractivity contribution >= 4 is 17.6 Å². The van der Waals surface area contributed by atoms with Gasteiger partial charge >= 0.3 is 5.97 Å². The first kappa shape index (κ1) is 18.7. The van der Waals surface area contributed by atoms with Crippen molar-refractivity contribution in [3.8, 4) is 0 Å². The Labute approximate surface area is 148 Å². The van der Waals surface area contributed by atoms with Gasteiger partial charge in [-0.25, -0.2) is 0 Å². The van der Waals surface area contributed by atoms with E-state index in [2.05, 4.69) is 10.4 Å². The van der Waals surface area contributed by atoms with Gasteiger partial charge in [0.2, 0.25) is 5.91 Å². The highest BCUT2D eigenvalue weighted by Gasteiger charge is 2.17. The molecule has 1 heterocycles. The van der Waals surface area contributed by atoms with E-state index in [0.29, 0.717) is 19.4 Å². The van der Waals surface area contributed by atoms with Crippen LogP contribution >= 0.6 is 0 Å². The summed E-state index contributed by atoms with van der Waals surface area (Å²) in [6.45, 7) is 7.85. The molecule has 0 aliphatic carbocycles. The maximum atomic E-state index is 12.4. The van der Waals surface area contributed by atoms with Crippen molar-refractivity contribution in [3.63, 3.8) is 0 Å². The number of amides is 1. The maximum absolute atomic E-state index is 12.4. The van der Waals surface area contributed by atoms with Gasteiger partial charge in [-0.05, 0) is 57.9 Å². The van der Waals surface area contributed by atoms with Crippen LogP contribution in [0.1, 0.15) is 43.3 Å². The lowest BCUT2D eigenvalue weighted by Crippen LogP contribution is -2.25. The average molecular weight is 343 g/mol. The smallest absolute Gasteiger partial charge is 0.306 e. The number of hydrogen-bond acceptors (Lipinski definition) is 4. The van der Waals surface area contributed by atoms with Crippen molar-refractivity contribution in [1.29, 1.82) is 0 Å². The number of ether oxygens (including phenoxy) is 1. The van der Waals surface area contributed by atoms with Gasteiger partial charge in [-0.3, -0.25) is 14.3 Å². The fourth-order valence-electron chi connectivity index (χ4n) is 2.63. The van der Waals surface area contributed by atoms with Gasteiger partial charge < -0.3 is 10.1 Å². The minimum atomic E-state index is -0.391. The minimum Gasteiger partial charge on any atom is -0.466 e. The largest absolute Gasteiger partial charge is 0.466 e. The van der Waals surface area contributed by atoms with Crippen molar-refractivity contribution in [2.75, 3.05) is 11.9 Å². The van der Waals surface area contributed by atoms with Crippen LogP contribution < -0.4 is 5.32 Å². The second-order valence-corrected chi connectivity index (χ2v) is 6.04. The van der Waals surface area contributed by atoms with Gasteiger partial charge in [-0.15, -0.1) is 0 Å². The predicted octanol–water partition coefficient (Wildman–Crippen LogP) is 3.20. The van der Waals surface area contributed by atoms with Crippen LogP contribution in [0.5, 0.6) is 0 Å². The van der Waals surface area contributed by atoms with E-state index in [-0.39, 0.29) is 11.9 Å². The first-order valence-electron chi connectivity index (χ1n) is 8.49. The summed E-state index contributed by atoms with van der Waals surface area (Å²) >= 11 is 0. The van der Waals surface area contributed by atoms with Gasteiger partial charge in [-0.1, -0.05) is 12.1 Å². The molecule has 0 unspecified atom stereocenters. The van der Waals surface area contributed by atoms with E-state index in [1.807, 2.05) is 51.1 Å². The predicted molar refractivity (Wildman–Crippen MR) is 96.4 cm³/mol. The normalized spacial score (nSPS) is 11.8.